The van der Waals surface area contributed by atoms with Gasteiger partial charge in [0.2, 0.25) is 0 Å². The number of hydrogen-bond donors (Lipinski definition) is 0. The number of aromatic nitrogens is 1. The van der Waals surface area contributed by atoms with Crippen LogP contribution in [0.1, 0.15) is 22.8 Å². The van der Waals surface area contributed by atoms with E-state index in [0.29, 0.717) is 5.56 Å². The minimum absolute atomic E-state index is 0.0489. The van der Waals surface area contributed by atoms with Gasteiger partial charge in [0.25, 0.3) is 0 Å². The molecule has 0 bridgehead atoms. The average Bonchev–Trinajstić information content (AvgIpc) is 2.53. The van der Waals surface area contributed by atoms with E-state index in [4.69, 9.17) is 9.72 Å². The molecule has 0 saturated carbocycles. The van der Waals surface area contributed by atoms with E-state index >= 15 is 0 Å². The largest absolute Gasteiger partial charge is 0.497 e. The predicted octanol–water partition coefficient (Wildman–Crippen LogP) is 4.42. The third-order valence-electron chi connectivity index (χ3n) is 3.73. The van der Waals surface area contributed by atoms with Gasteiger partial charge in [-0.3, -0.25) is 4.79 Å². The monoisotopic (exact) mass is 291 g/mol. The minimum atomic E-state index is 0.0489. The van der Waals surface area contributed by atoms with Crippen LogP contribution in [0.5, 0.6) is 5.75 Å². The molecule has 0 radical (unpaired) electrons. The summed E-state index contributed by atoms with van der Waals surface area (Å²) in [5, 5.41) is 0.907. The van der Waals surface area contributed by atoms with Crippen LogP contribution in [0.25, 0.3) is 22.2 Å². The number of hydrogen-bond acceptors (Lipinski definition) is 3. The number of aryl methyl sites for hydroxylation is 1. The molecule has 3 aromatic rings. The number of benzene rings is 2. The lowest BCUT2D eigenvalue weighted by Gasteiger charge is -2.09. The van der Waals surface area contributed by atoms with Gasteiger partial charge in [-0.1, -0.05) is 11.6 Å². The number of ether oxygens (including phenoxy) is 1. The zero-order valence-electron chi connectivity index (χ0n) is 12.9. The third kappa shape index (κ3) is 2.58. The van der Waals surface area contributed by atoms with Gasteiger partial charge in [0.05, 0.1) is 18.3 Å². The van der Waals surface area contributed by atoms with Crippen molar-refractivity contribution < 1.29 is 9.53 Å². The number of methoxy groups -OCH3 is 1. The molecule has 2 aromatic carbocycles. The van der Waals surface area contributed by atoms with Crippen LogP contribution in [0.15, 0.2) is 48.5 Å². The Morgan fingerprint density at radius 3 is 2.41 bits per heavy atom. The first-order chi connectivity index (χ1) is 10.6. The summed E-state index contributed by atoms with van der Waals surface area (Å²) in [5.74, 6) is 0.847. The van der Waals surface area contributed by atoms with Crippen LogP contribution in [0.4, 0.5) is 0 Å². The SMILES string of the molecule is COc1ccc(-c2cc(C(C)=O)c3cc(C)ccc3n2)cc1. The van der Waals surface area contributed by atoms with Crippen molar-refractivity contribution in [1.82, 2.24) is 4.98 Å². The van der Waals surface area contributed by atoms with E-state index in [1.807, 2.05) is 55.5 Å². The highest BCUT2D eigenvalue weighted by Gasteiger charge is 2.11. The van der Waals surface area contributed by atoms with E-state index in [1.165, 1.54) is 0 Å². The van der Waals surface area contributed by atoms with Crippen molar-refractivity contribution in [2.75, 3.05) is 7.11 Å². The molecule has 0 spiro atoms. The molecule has 0 amide bonds. The molecule has 0 atom stereocenters. The maximum absolute atomic E-state index is 12.0. The molecule has 3 rings (SSSR count). The van der Waals surface area contributed by atoms with E-state index in [1.54, 1.807) is 14.0 Å². The van der Waals surface area contributed by atoms with E-state index in [0.717, 1.165) is 33.5 Å². The summed E-state index contributed by atoms with van der Waals surface area (Å²) in [6.07, 6.45) is 0. The Kier molecular flexibility index (Phi) is 3.63. The van der Waals surface area contributed by atoms with Gasteiger partial charge >= 0.3 is 0 Å². The van der Waals surface area contributed by atoms with Crippen LogP contribution in [-0.2, 0) is 0 Å². The number of carbonyl (C=O) groups is 1. The lowest BCUT2D eigenvalue weighted by Crippen LogP contribution is -1.98. The third-order valence-corrected chi connectivity index (χ3v) is 3.73. The second kappa shape index (κ2) is 5.60. The summed E-state index contributed by atoms with van der Waals surface area (Å²) >= 11 is 0. The highest BCUT2D eigenvalue weighted by atomic mass is 16.5. The molecule has 0 N–H and O–H groups in total. The Hall–Kier alpha value is -2.68. The van der Waals surface area contributed by atoms with Gasteiger partial charge in [-0.2, -0.15) is 0 Å². The van der Waals surface area contributed by atoms with E-state index in [-0.39, 0.29) is 5.78 Å². The number of nitrogens with zero attached hydrogens (tertiary/aromatic N) is 1. The molecule has 0 aliphatic carbocycles. The highest BCUT2D eigenvalue weighted by Crippen LogP contribution is 2.27. The molecule has 110 valence electrons. The highest BCUT2D eigenvalue weighted by molar-refractivity contribution is 6.07. The van der Waals surface area contributed by atoms with Crippen molar-refractivity contribution in [3.8, 4) is 17.0 Å². The first-order valence-electron chi connectivity index (χ1n) is 7.15. The van der Waals surface area contributed by atoms with Crippen molar-refractivity contribution >= 4 is 16.7 Å². The lowest BCUT2D eigenvalue weighted by molar-refractivity contribution is 0.101. The van der Waals surface area contributed by atoms with Crippen LogP contribution in [0.2, 0.25) is 0 Å². The van der Waals surface area contributed by atoms with E-state index in [2.05, 4.69) is 0 Å². The van der Waals surface area contributed by atoms with Gasteiger partial charge in [-0.15, -0.1) is 0 Å². The Morgan fingerprint density at radius 2 is 1.77 bits per heavy atom. The van der Waals surface area contributed by atoms with Crippen molar-refractivity contribution in [1.29, 1.82) is 0 Å². The number of rotatable bonds is 3. The molecule has 1 heterocycles. The summed E-state index contributed by atoms with van der Waals surface area (Å²) in [4.78, 5) is 16.7. The van der Waals surface area contributed by atoms with E-state index < -0.39 is 0 Å². The number of carbonyl (C=O) groups excluding carboxylic acids is 1. The molecule has 3 heteroatoms. The summed E-state index contributed by atoms with van der Waals surface area (Å²) in [6, 6.07) is 15.5. The van der Waals surface area contributed by atoms with Crippen molar-refractivity contribution in [3.63, 3.8) is 0 Å². The number of fused-ring (bicyclic) bond motifs is 1. The normalized spacial score (nSPS) is 10.7. The number of Topliss-reactive ketones (excluding diaryl/α,β-unsaturated/α-hetero) is 1. The van der Waals surface area contributed by atoms with E-state index in [9.17, 15) is 4.79 Å². The Morgan fingerprint density at radius 1 is 1.05 bits per heavy atom. The summed E-state index contributed by atoms with van der Waals surface area (Å²) in [6.45, 7) is 3.61. The fourth-order valence-corrected chi connectivity index (χ4v) is 2.54. The van der Waals surface area contributed by atoms with Crippen molar-refractivity contribution in [2.24, 2.45) is 0 Å². The second-order valence-corrected chi connectivity index (χ2v) is 5.36. The van der Waals surface area contributed by atoms with Crippen LogP contribution in [0, 0.1) is 6.92 Å². The standard InChI is InChI=1S/C19H17NO2/c1-12-4-9-18-17(10-12)16(13(2)21)11-19(20-18)14-5-7-15(22-3)8-6-14/h4-11H,1-3H3. The fourth-order valence-electron chi connectivity index (χ4n) is 2.54. The maximum Gasteiger partial charge on any atom is 0.160 e. The molecule has 0 saturated heterocycles. The Balaban J connectivity index is 2.21. The van der Waals surface area contributed by atoms with Gasteiger partial charge in [0.1, 0.15) is 5.75 Å². The lowest BCUT2D eigenvalue weighted by atomic mass is 10.0. The average molecular weight is 291 g/mol. The Labute approximate surface area is 129 Å². The predicted molar refractivity (Wildman–Crippen MR) is 88.5 cm³/mol. The molecular weight excluding hydrogens is 274 g/mol. The van der Waals surface area contributed by atoms with Gasteiger partial charge in [-0.25, -0.2) is 4.98 Å². The Bertz CT molecular complexity index is 851. The summed E-state index contributed by atoms with van der Waals surface area (Å²) in [5.41, 5.74) is 4.42. The number of ketones is 1. The van der Waals surface area contributed by atoms with Crippen LogP contribution in [-0.4, -0.2) is 17.9 Å². The van der Waals surface area contributed by atoms with Gasteiger partial charge < -0.3 is 4.74 Å². The molecule has 0 aliphatic heterocycles. The molecule has 3 nitrogen and oxygen atoms in total. The summed E-state index contributed by atoms with van der Waals surface area (Å²) in [7, 11) is 1.64. The molecule has 0 aliphatic rings. The number of pyridine rings is 1. The maximum atomic E-state index is 12.0. The summed E-state index contributed by atoms with van der Waals surface area (Å²) < 4.78 is 5.18. The van der Waals surface area contributed by atoms with Crippen LogP contribution >= 0.6 is 0 Å². The molecule has 22 heavy (non-hydrogen) atoms. The first-order valence-corrected chi connectivity index (χ1v) is 7.15. The quantitative estimate of drug-likeness (QED) is 0.670. The molecular formula is C19H17NO2. The first kappa shape index (κ1) is 14.3. The zero-order chi connectivity index (χ0) is 15.7. The fraction of sp³-hybridized carbons (Fsp3) is 0.158. The minimum Gasteiger partial charge on any atom is -0.497 e. The van der Waals surface area contributed by atoms with Gasteiger partial charge in [0, 0.05) is 16.5 Å². The molecule has 0 fully saturated rings. The topological polar surface area (TPSA) is 39.2 Å². The molecule has 1 aromatic heterocycles. The van der Waals surface area contributed by atoms with Crippen LogP contribution < -0.4 is 4.74 Å². The van der Waals surface area contributed by atoms with Crippen molar-refractivity contribution in [2.45, 2.75) is 13.8 Å². The molecule has 0 unspecified atom stereocenters. The van der Waals surface area contributed by atoms with Gasteiger partial charge in [0.15, 0.2) is 5.78 Å². The van der Waals surface area contributed by atoms with Gasteiger partial charge in [-0.05, 0) is 56.3 Å². The zero-order valence-corrected chi connectivity index (χ0v) is 12.9. The second-order valence-electron chi connectivity index (χ2n) is 5.36. The van der Waals surface area contributed by atoms with Crippen LogP contribution in [0.3, 0.4) is 0 Å². The van der Waals surface area contributed by atoms with Crippen molar-refractivity contribution in [3.05, 3.63) is 59.7 Å². The smallest absolute Gasteiger partial charge is 0.160 e.